The van der Waals surface area contributed by atoms with Gasteiger partial charge in [0, 0.05) is 38.5 Å². The summed E-state index contributed by atoms with van der Waals surface area (Å²) >= 11 is 6.09. The predicted molar refractivity (Wildman–Crippen MR) is 145 cm³/mol. The van der Waals surface area contributed by atoms with Gasteiger partial charge in [0.1, 0.15) is 12.3 Å². The van der Waals surface area contributed by atoms with Gasteiger partial charge < -0.3 is 29.4 Å². The number of rotatable bonds is 13. The maximum absolute atomic E-state index is 13.6. The number of nitrogens with zero attached hydrogens (tertiary/aromatic N) is 1. The van der Waals surface area contributed by atoms with Gasteiger partial charge in [-0.1, -0.05) is 67.9 Å². The molecule has 0 aliphatic rings. The summed E-state index contributed by atoms with van der Waals surface area (Å²) in [5.41, 5.74) is 1.70. The van der Waals surface area contributed by atoms with Crippen LogP contribution >= 0.6 is 11.6 Å². The average Bonchev–Trinajstić information content (AvgIpc) is 2.89. The molecule has 0 fully saturated rings. The molecule has 0 bridgehead atoms. The summed E-state index contributed by atoms with van der Waals surface area (Å²) in [7, 11) is 3.03. The smallest absolute Gasteiger partial charge is 0.272 e. The third-order valence-electron chi connectivity index (χ3n) is 5.59. The van der Waals surface area contributed by atoms with E-state index in [-0.39, 0.29) is 31.1 Å². The van der Waals surface area contributed by atoms with Crippen molar-refractivity contribution in [2.24, 2.45) is 5.92 Å². The average molecular weight is 528 g/mol. The Balaban J connectivity index is 2.05. The van der Waals surface area contributed by atoms with Crippen molar-refractivity contribution in [2.75, 3.05) is 26.1 Å². The molecule has 0 unspecified atom stereocenters. The largest absolute Gasteiger partial charge is 0.482 e. The van der Waals surface area contributed by atoms with Gasteiger partial charge >= 0.3 is 0 Å². The molecule has 0 radical (unpaired) electrons. The summed E-state index contributed by atoms with van der Waals surface area (Å²) in [6, 6.07) is 16.7. The van der Waals surface area contributed by atoms with E-state index in [0.29, 0.717) is 23.2 Å². The van der Waals surface area contributed by atoms with Crippen LogP contribution in [0.2, 0.25) is 5.02 Å². The molecule has 0 spiro atoms. The number of nitrogens with one attached hydrogen (secondary N) is 2. The molecule has 1 heterocycles. The normalized spacial score (nSPS) is 11.1. The first-order valence-corrected chi connectivity index (χ1v) is 12.5. The van der Waals surface area contributed by atoms with Crippen LogP contribution in [0, 0.1) is 5.92 Å². The molecule has 8 nitrogen and oxygen atoms in total. The van der Waals surface area contributed by atoms with Crippen molar-refractivity contribution in [3.63, 3.8) is 0 Å². The highest BCUT2D eigenvalue weighted by atomic mass is 35.5. The second kappa shape index (κ2) is 13.8. The molecule has 0 saturated heterocycles. The summed E-state index contributed by atoms with van der Waals surface area (Å²) in [6.07, 6.45) is 0.960. The number of methoxy groups -OCH3 is 2. The fraction of sp³-hybridized carbons (Fsp3) is 0.357. The van der Waals surface area contributed by atoms with Crippen molar-refractivity contribution >= 4 is 23.2 Å². The van der Waals surface area contributed by atoms with E-state index in [0.717, 1.165) is 11.1 Å². The van der Waals surface area contributed by atoms with E-state index >= 15 is 0 Å². The Bertz CT molecular complexity index is 1230. The molecule has 0 aliphatic carbocycles. The molecule has 0 saturated carbocycles. The van der Waals surface area contributed by atoms with E-state index in [4.69, 9.17) is 25.8 Å². The van der Waals surface area contributed by atoms with Gasteiger partial charge in [0.05, 0.1) is 6.54 Å². The number of ether oxygens (including phenoxy) is 3. The lowest BCUT2D eigenvalue weighted by Crippen LogP contribution is -2.33. The van der Waals surface area contributed by atoms with E-state index in [9.17, 15) is 9.59 Å². The zero-order valence-electron chi connectivity index (χ0n) is 21.6. The SMILES string of the molecule is COC(Cn1cc(NCC(C)C)c(=O)c(OCc2ccccc2)c1C(=O)NCc1cccc(Cl)c1)OC. The summed E-state index contributed by atoms with van der Waals surface area (Å²) in [5, 5.41) is 6.65. The number of benzene rings is 2. The maximum Gasteiger partial charge on any atom is 0.272 e. The van der Waals surface area contributed by atoms with Crippen molar-refractivity contribution in [1.82, 2.24) is 9.88 Å². The number of hydrogen-bond donors (Lipinski definition) is 2. The maximum atomic E-state index is 13.6. The van der Waals surface area contributed by atoms with E-state index in [2.05, 4.69) is 10.6 Å². The fourth-order valence-electron chi connectivity index (χ4n) is 3.64. The van der Waals surface area contributed by atoms with Crippen molar-refractivity contribution < 1.29 is 19.0 Å². The van der Waals surface area contributed by atoms with Crippen LogP contribution in [-0.4, -0.2) is 37.5 Å². The Kier molecular flexibility index (Phi) is 10.6. The topological polar surface area (TPSA) is 90.8 Å². The number of carbonyl (C=O) groups excluding carboxylic acids is 1. The monoisotopic (exact) mass is 527 g/mol. The second-order valence-electron chi connectivity index (χ2n) is 8.96. The summed E-state index contributed by atoms with van der Waals surface area (Å²) < 4.78 is 18.5. The molecule has 1 aromatic heterocycles. The number of amides is 1. The summed E-state index contributed by atoms with van der Waals surface area (Å²) in [6.45, 7) is 5.16. The lowest BCUT2D eigenvalue weighted by molar-refractivity contribution is -0.111. The van der Waals surface area contributed by atoms with Gasteiger partial charge in [-0.25, -0.2) is 0 Å². The highest BCUT2D eigenvalue weighted by Gasteiger charge is 2.25. The molecule has 0 atom stereocenters. The van der Waals surface area contributed by atoms with Crippen LogP contribution in [0.4, 0.5) is 5.69 Å². The first-order chi connectivity index (χ1) is 17.8. The van der Waals surface area contributed by atoms with Crippen molar-refractivity contribution in [3.05, 3.63) is 92.9 Å². The number of halogens is 1. The van der Waals surface area contributed by atoms with Crippen LogP contribution in [-0.2, 0) is 29.2 Å². The van der Waals surface area contributed by atoms with E-state index in [1.54, 1.807) is 22.9 Å². The Hall–Kier alpha value is -3.33. The highest BCUT2D eigenvalue weighted by Crippen LogP contribution is 2.21. The second-order valence-corrected chi connectivity index (χ2v) is 9.40. The number of hydrogen-bond acceptors (Lipinski definition) is 6. The third-order valence-corrected chi connectivity index (χ3v) is 5.83. The molecule has 1 amide bonds. The van der Waals surface area contributed by atoms with Crippen LogP contribution in [0.3, 0.4) is 0 Å². The number of anilines is 1. The molecule has 2 N–H and O–H groups in total. The van der Waals surface area contributed by atoms with Gasteiger partial charge in [0.2, 0.25) is 5.43 Å². The molecule has 37 heavy (non-hydrogen) atoms. The molecule has 198 valence electrons. The van der Waals surface area contributed by atoms with Gasteiger partial charge in [-0.05, 0) is 29.2 Å². The van der Waals surface area contributed by atoms with Gasteiger partial charge in [-0.15, -0.1) is 0 Å². The van der Waals surface area contributed by atoms with Crippen molar-refractivity contribution in [2.45, 2.75) is 39.8 Å². The molecule has 2 aromatic carbocycles. The molecular weight excluding hydrogens is 494 g/mol. The summed E-state index contributed by atoms with van der Waals surface area (Å²) in [4.78, 5) is 27.1. The lowest BCUT2D eigenvalue weighted by atomic mass is 10.2. The Morgan fingerprint density at radius 3 is 2.38 bits per heavy atom. The minimum Gasteiger partial charge on any atom is -0.482 e. The number of aromatic nitrogens is 1. The fourth-order valence-corrected chi connectivity index (χ4v) is 3.85. The first kappa shape index (κ1) is 28.2. The molecule has 3 rings (SSSR count). The van der Waals surface area contributed by atoms with E-state index in [1.807, 2.05) is 56.3 Å². The molecule has 0 aliphatic heterocycles. The summed E-state index contributed by atoms with van der Waals surface area (Å²) in [5.74, 6) is -0.221. The van der Waals surface area contributed by atoms with Crippen LogP contribution in [0.15, 0.2) is 65.6 Å². The quantitative estimate of drug-likeness (QED) is 0.313. The predicted octanol–water partition coefficient (Wildman–Crippen LogP) is 4.70. The molecule has 9 heteroatoms. The van der Waals surface area contributed by atoms with Gasteiger partial charge in [0.25, 0.3) is 5.91 Å². The zero-order chi connectivity index (χ0) is 26.8. The minimum atomic E-state index is -0.651. The Morgan fingerprint density at radius 2 is 1.73 bits per heavy atom. The third kappa shape index (κ3) is 8.08. The molecule has 3 aromatic rings. The zero-order valence-corrected chi connectivity index (χ0v) is 22.4. The highest BCUT2D eigenvalue weighted by molar-refractivity contribution is 6.30. The van der Waals surface area contributed by atoms with E-state index < -0.39 is 17.6 Å². The van der Waals surface area contributed by atoms with Crippen LogP contribution in [0.1, 0.15) is 35.5 Å². The van der Waals surface area contributed by atoms with Crippen molar-refractivity contribution in [1.29, 1.82) is 0 Å². The van der Waals surface area contributed by atoms with Gasteiger partial charge in [-0.3, -0.25) is 9.59 Å². The number of pyridine rings is 1. The van der Waals surface area contributed by atoms with Gasteiger partial charge in [0.15, 0.2) is 17.7 Å². The van der Waals surface area contributed by atoms with Crippen LogP contribution in [0.5, 0.6) is 5.75 Å². The Morgan fingerprint density at radius 1 is 1.03 bits per heavy atom. The lowest BCUT2D eigenvalue weighted by Gasteiger charge is -2.22. The molecular formula is C28H34ClN3O5. The van der Waals surface area contributed by atoms with Crippen LogP contribution < -0.4 is 20.8 Å². The van der Waals surface area contributed by atoms with E-state index in [1.165, 1.54) is 14.2 Å². The first-order valence-electron chi connectivity index (χ1n) is 12.1. The standard InChI is InChI=1S/C28H34ClN3O5/c1-19(2)14-30-23-16-32(17-24(35-3)36-4)25(28(34)31-15-21-11-8-12-22(29)13-21)27(26(23)33)37-18-20-9-6-5-7-10-20/h5-13,16,19,24,30H,14-15,17-18H2,1-4H3,(H,31,34). The van der Waals surface area contributed by atoms with Gasteiger partial charge in [-0.2, -0.15) is 0 Å². The Labute approximate surface area is 222 Å². The van der Waals surface area contributed by atoms with Crippen molar-refractivity contribution in [3.8, 4) is 5.75 Å². The minimum absolute atomic E-state index is 0.0489. The number of carbonyl (C=O) groups is 1. The van der Waals surface area contributed by atoms with Crippen LogP contribution in [0.25, 0.3) is 0 Å².